The van der Waals surface area contributed by atoms with Gasteiger partial charge < -0.3 is 15.0 Å². The van der Waals surface area contributed by atoms with Crippen LogP contribution in [0.4, 0.5) is 4.79 Å². The minimum absolute atomic E-state index is 0.0466. The molecule has 6 nitrogen and oxygen atoms in total. The van der Waals surface area contributed by atoms with Crippen LogP contribution in [0.5, 0.6) is 0 Å². The van der Waals surface area contributed by atoms with Crippen molar-refractivity contribution >= 4 is 17.6 Å². The normalized spacial score (nSPS) is 17.3. The highest BCUT2D eigenvalue weighted by Crippen LogP contribution is 2.15. The van der Waals surface area contributed by atoms with E-state index in [1.165, 1.54) is 0 Å². The number of rotatable bonds is 4. The Morgan fingerprint density at radius 1 is 1.40 bits per heavy atom. The van der Waals surface area contributed by atoms with Gasteiger partial charge in [-0.15, -0.1) is 0 Å². The van der Waals surface area contributed by atoms with Crippen LogP contribution in [0.2, 0.25) is 0 Å². The van der Waals surface area contributed by atoms with Crippen molar-refractivity contribution in [2.24, 2.45) is 0 Å². The molecular formula is C19H27N3O3. The van der Waals surface area contributed by atoms with E-state index in [4.69, 9.17) is 4.74 Å². The Hall–Kier alpha value is -2.37. The van der Waals surface area contributed by atoms with Crippen molar-refractivity contribution in [2.45, 2.75) is 52.2 Å². The lowest BCUT2D eigenvalue weighted by molar-refractivity contribution is -0.121. The average molecular weight is 345 g/mol. The van der Waals surface area contributed by atoms with Gasteiger partial charge in [0.05, 0.1) is 6.42 Å². The molecule has 0 radical (unpaired) electrons. The van der Waals surface area contributed by atoms with Gasteiger partial charge in [-0.05, 0) is 51.3 Å². The molecule has 25 heavy (non-hydrogen) atoms. The lowest BCUT2D eigenvalue weighted by Crippen LogP contribution is -2.40. The Morgan fingerprint density at radius 3 is 2.68 bits per heavy atom. The van der Waals surface area contributed by atoms with Gasteiger partial charge in [-0.25, -0.2) is 4.79 Å². The molecule has 1 aromatic rings. The van der Waals surface area contributed by atoms with Gasteiger partial charge >= 0.3 is 6.09 Å². The largest absolute Gasteiger partial charge is 0.444 e. The summed E-state index contributed by atoms with van der Waals surface area (Å²) in [5, 5.41) is 2.97. The number of carbonyl (C=O) groups is 2. The van der Waals surface area contributed by atoms with Gasteiger partial charge in [-0.2, -0.15) is 0 Å². The molecule has 2 heterocycles. The van der Waals surface area contributed by atoms with Gasteiger partial charge in [0, 0.05) is 31.0 Å². The van der Waals surface area contributed by atoms with E-state index in [1.54, 1.807) is 11.1 Å². The van der Waals surface area contributed by atoms with Crippen LogP contribution in [0, 0.1) is 0 Å². The number of nitrogens with one attached hydrogen (secondary N) is 1. The fourth-order valence-electron chi connectivity index (χ4n) is 2.60. The summed E-state index contributed by atoms with van der Waals surface area (Å²) >= 11 is 0. The molecule has 136 valence electrons. The topological polar surface area (TPSA) is 71.5 Å². The van der Waals surface area contributed by atoms with Crippen molar-refractivity contribution in [1.82, 2.24) is 15.2 Å². The quantitative estimate of drug-likeness (QED) is 0.911. The molecule has 6 heteroatoms. The number of aromatic nitrogens is 1. The molecule has 2 rings (SSSR count). The number of pyridine rings is 1. The maximum Gasteiger partial charge on any atom is 0.410 e. The Morgan fingerprint density at radius 2 is 2.12 bits per heavy atom. The zero-order chi connectivity index (χ0) is 18.6. The minimum Gasteiger partial charge on any atom is -0.444 e. The second-order valence-corrected chi connectivity index (χ2v) is 7.47. The SMILES string of the molecule is C=C(C)c1ccc(CC(=O)N[C@H]2CCN(C(=O)OC(C)(C)C)C2)nc1. The number of hydrogen-bond acceptors (Lipinski definition) is 4. The van der Waals surface area contributed by atoms with Crippen LogP contribution in [-0.4, -0.2) is 46.6 Å². The van der Waals surface area contributed by atoms with Gasteiger partial charge in [-0.1, -0.05) is 12.6 Å². The molecule has 2 amide bonds. The number of allylic oxidation sites excluding steroid dienone is 1. The first kappa shape index (κ1) is 19.0. The predicted molar refractivity (Wildman–Crippen MR) is 97.0 cm³/mol. The Kier molecular flexibility index (Phi) is 5.82. The average Bonchev–Trinajstić information content (AvgIpc) is 2.94. The first-order valence-electron chi connectivity index (χ1n) is 8.52. The number of hydrogen-bond donors (Lipinski definition) is 1. The van der Waals surface area contributed by atoms with Crippen LogP contribution < -0.4 is 5.32 Å². The van der Waals surface area contributed by atoms with Gasteiger partial charge in [0.15, 0.2) is 0 Å². The van der Waals surface area contributed by atoms with E-state index in [1.807, 2.05) is 39.8 Å². The molecule has 0 saturated carbocycles. The summed E-state index contributed by atoms with van der Waals surface area (Å²) in [5.41, 5.74) is 2.11. The number of carbonyl (C=O) groups excluding carboxylic acids is 2. The zero-order valence-electron chi connectivity index (χ0n) is 15.5. The molecule has 1 N–H and O–H groups in total. The van der Waals surface area contributed by atoms with Crippen molar-refractivity contribution in [1.29, 1.82) is 0 Å². The highest BCUT2D eigenvalue weighted by molar-refractivity contribution is 5.78. The third kappa shape index (κ3) is 5.89. The summed E-state index contributed by atoms with van der Waals surface area (Å²) in [5.74, 6) is -0.0911. The molecular weight excluding hydrogens is 318 g/mol. The van der Waals surface area contributed by atoms with Crippen molar-refractivity contribution in [3.63, 3.8) is 0 Å². The summed E-state index contributed by atoms with van der Waals surface area (Å²) in [6.07, 6.45) is 2.35. The van der Waals surface area contributed by atoms with E-state index in [0.29, 0.717) is 18.8 Å². The van der Waals surface area contributed by atoms with Gasteiger partial charge in [0.1, 0.15) is 5.60 Å². The number of likely N-dealkylation sites (tertiary alicyclic amines) is 1. The second-order valence-electron chi connectivity index (χ2n) is 7.47. The van der Waals surface area contributed by atoms with E-state index >= 15 is 0 Å². The van der Waals surface area contributed by atoms with Crippen LogP contribution in [0.15, 0.2) is 24.9 Å². The third-order valence-electron chi connectivity index (χ3n) is 3.86. The summed E-state index contributed by atoms with van der Waals surface area (Å²) in [6, 6.07) is 3.71. The molecule has 0 spiro atoms. The van der Waals surface area contributed by atoms with Crippen molar-refractivity contribution in [2.75, 3.05) is 13.1 Å². The smallest absolute Gasteiger partial charge is 0.410 e. The molecule has 1 fully saturated rings. The molecule has 1 aliphatic rings. The van der Waals surface area contributed by atoms with Crippen LogP contribution in [0.1, 0.15) is 45.4 Å². The van der Waals surface area contributed by atoms with E-state index in [0.717, 1.165) is 17.6 Å². The molecule has 1 aliphatic heterocycles. The van der Waals surface area contributed by atoms with Crippen LogP contribution >= 0.6 is 0 Å². The number of ether oxygens (including phenoxy) is 1. The molecule has 0 bridgehead atoms. The van der Waals surface area contributed by atoms with Crippen molar-refractivity contribution < 1.29 is 14.3 Å². The lowest BCUT2D eigenvalue weighted by atomic mass is 10.1. The minimum atomic E-state index is -0.514. The summed E-state index contributed by atoms with van der Waals surface area (Å²) in [6.45, 7) is 12.4. The maximum atomic E-state index is 12.2. The zero-order valence-corrected chi connectivity index (χ0v) is 15.5. The number of amides is 2. The van der Waals surface area contributed by atoms with Crippen LogP contribution in [0.3, 0.4) is 0 Å². The Balaban J connectivity index is 1.81. The van der Waals surface area contributed by atoms with Crippen molar-refractivity contribution in [3.05, 3.63) is 36.2 Å². The highest BCUT2D eigenvalue weighted by Gasteiger charge is 2.30. The fourth-order valence-corrected chi connectivity index (χ4v) is 2.60. The molecule has 0 unspecified atom stereocenters. The first-order chi connectivity index (χ1) is 11.6. The second kappa shape index (κ2) is 7.68. The first-order valence-corrected chi connectivity index (χ1v) is 8.52. The summed E-state index contributed by atoms with van der Waals surface area (Å²) < 4.78 is 5.36. The molecule has 0 aliphatic carbocycles. The van der Waals surface area contributed by atoms with Gasteiger partial charge in [-0.3, -0.25) is 9.78 Å². The van der Waals surface area contributed by atoms with Crippen molar-refractivity contribution in [3.8, 4) is 0 Å². The monoisotopic (exact) mass is 345 g/mol. The van der Waals surface area contributed by atoms with Crippen LogP contribution in [-0.2, 0) is 16.0 Å². The lowest BCUT2D eigenvalue weighted by Gasteiger charge is -2.24. The van der Waals surface area contributed by atoms with E-state index in [2.05, 4.69) is 16.9 Å². The molecule has 1 aromatic heterocycles. The highest BCUT2D eigenvalue weighted by atomic mass is 16.6. The third-order valence-corrected chi connectivity index (χ3v) is 3.86. The van der Waals surface area contributed by atoms with Gasteiger partial charge in [0.25, 0.3) is 0 Å². The van der Waals surface area contributed by atoms with Crippen LogP contribution in [0.25, 0.3) is 5.57 Å². The standard InChI is InChI=1S/C19H27N3O3/c1-13(2)14-6-7-15(20-11-14)10-17(23)21-16-8-9-22(12-16)18(24)25-19(3,4)5/h6-7,11,16H,1,8-10,12H2,2-5H3,(H,21,23)/t16-/m0/s1. The molecule has 1 atom stereocenters. The maximum absolute atomic E-state index is 12.2. The number of nitrogens with zero attached hydrogens (tertiary/aromatic N) is 2. The molecule has 0 aromatic carbocycles. The Bertz CT molecular complexity index is 647. The van der Waals surface area contributed by atoms with E-state index in [-0.39, 0.29) is 24.5 Å². The Labute approximate surface area is 149 Å². The van der Waals surface area contributed by atoms with Gasteiger partial charge in [0.2, 0.25) is 5.91 Å². The predicted octanol–water partition coefficient (Wildman–Crippen LogP) is 2.78. The van der Waals surface area contributed by atoms with E-state index in [9.17, 15) is 9.59 Å². The molecule has 1 saturated heterocycles. The summed E-state index contributed by atoms with van der Waals surface area (Å²) in [7, 11) is 0. The van der Waals surface area contributed by atoms with E-state index < -0.39 is 5.60 Å². The summed E-state index contributed by atoms with van der Waals surface area (Å²) in [4.78, 5) is 30.2. The fraction of sp³-hybridized carbons (Fsp3) is 0.526.